The minimum atomic E-state index is -1.03. The van der Waals surface area contributed by atoms with E-state index in [0.717, 1.165) is 0 Å². The average molecular weight is 350 g/mol. The smallest absolute Gasteiger partial charge is 0.339 e. The molecule has 26 heavy (non-hydrogen) atoms. The number of benzene rings is 2. The van der Waals surface area contributed by atoms with Gasteiger partial charge in [-0.2, -0.15) is 5.26 Å². The number of morpholine rings is 1. The van der Waals surface area contributed by atoms with E-state index in [-0.39, 0.29) is 11.5 Å². The largest absolute Gasteiger partial charge is 0.444 e. The number of carbonyl (C=O) groups is 2. The van der Waals surface area contributed by atoms with Crippen LogP contribution in [0.4, 0.5) is 0 Å². The van der Waals surface area contributed by atoms with Crippen molar-refractivity contribution in [1.29, 1.82) is 5.26 Å². The quantitative estimate of drug-likeness (QED) is 0.791. The predicted molar refractivity (Wildman–Crippen MR) is 93.2 cm³/mol. The summed E-state index contributed by atoms with van der Waals surface area (Å²) in [6, 6.07) is 17.1. The monoisotopic (exact) mass is 350 g/mol. The molecule has 0 N–H and O–H groups in total. The van der Waals surface area contributed by atoms with E-state index in [1.54, 1.807) is 47.4 Å². The van der Waals surface area contributed by atoms with Gasteiger partial charge in [0.1, 0.15) is 0 Å². The molecule has 132 valence electrons. The SMILES string of the molecule is N#Cc1cccc(C(=O)O[C@H](C(=O)N2CCOCC2)c2ccccc2)c1. The molecule has 1 atom stereocenters. The standard InChI is InChI=1S/C20H18N2O4/c21-14-15-5-4-8-17(13-15)20(24)26-18(16-6-2-1-3-7-16)19(23)22-9-11-25-12-10-22/h1-8,13,18H,9-12H2/t18-/m0/s1. The topological polar surface area (TPSA) is 79.6 Å². The van der Waals surface area contributed by atoms with Crippen molar-refractivity contribution in [2.75, 3.05) is 26.3 Å². The van der Waals surface area contributed by atoms with Crippen LogP contribution < -0.4 is 0 Å². The molecule has 6 heteroatoms. The first kappa shape index (κ1) is 17.6. The number of ether oxygens (including phenoxy) is 2. The van der Waals surface area contributed by atoms with Gasteiger partial charge in [0.05, 0.1) is 30.4 Å². The molecule has 1 saturated heterocycles. The molecule has 0 saturated carbocycles. The number of nitrogens with zero attached hydrogens (tertiary/aromatic N) is 2. The molecule has 2 aromatic rings. The van der Waals surface area contributed by atoms with Gasteiger partial charge in [0.25, 0.3) is 5.91 Å². The van der Waals surface area contributed by atoms with Crippen molar-refractivity contribution < 1.29 is 19.1 Å². The van der Waals surface area contributed by atoms with Gasteiger partial charge in [-0.05, 0) is 18.2 Å². The highest BCUT2D eigenvalue weighted by molar-refractivity contribution is 5.93. The van der Waals surface area contributed by atoms with E-state index in [4.69, 9.17) is 14.7 Å². The average Bonchev–Trinajstić information content (AvgIpc) is 2.72. The molecule has 1 heterocycles. The second kappa shape index (κ2) is 8.28. The van der Waals surface area contributed by atoms with Crippen molar-refractivity contribution in [2.45, 2.75) is 6.10 Å². The molecule has 0 aromatic heterocycles. The Labute approximate surface area is 151 Å². The lowest BCUT2D eigenvalue weighted by molar-refractivity contribution is -0.145. The fourth-order valence-electron chi connectivity index (χ4n) is 2.73. The first-order valence-electron chi connectivity index (χ1n) is 8.31. The van der Waals surface area contributed by atoms with Gasteiger partial charge >= 0.3 is 5.97 Å². The summed E-state index contributed by atoms with van der Waals surface area (Å²) in [6.45, 7) is 1.85. The van der Waals surface area contributed by atoms with E-state index >= 15 is 0 Å². The normalized spacial score (nSPS) is 15.0. The zero-order valence-electron chi connectivity index (χ0n) is 14.1. The van der Waals surface area contributed by atoms with Crippen LogP contribution in [0.3, 0.4) is 0 Å². The molecule has 0 unspecified atom stereocenters. The third-order valence-electron chi connectivity index (χ3n) is 4.10. The number of hydrogen-bond donors (Lipinski definition) is 0. The summed E-state index contributed by atoms with van der Waals surface area (Å²) in [5, 5.41) is 8.99. The number of amides is 1. The number of rotatable bonds is 4. The van der Waals surface area contributed by atoms with E-state index < -0.39 is 12.1 Å². The fourth-order valence-corrected chi connectivity index (χ4v) is 2.73. The number of esters is 1. The Kier molecular flexibility index (Phi) is 5.62. The molecule has 0 spiro atoms. The molecule has 3 rings (SSSR count). The summed E-state index contributed by atoms with van der Waals surface area (Å²) in [4.78, 5) is 27.1. The first-order valence-corrected chi connectivity index (χ1v) is 8.31. The van der Waals surface area contributed by atoms with Crippen LogP contribution in [0.5, 0.6) is 0 Å². The maximum absolute atomic E-state index is 12.9. The summed E-state index contributed by atoms with van der Waals surface area (Å²) < 4.78 is 10.8. The van der Waals surface area contributed by atoms with E-state index in [9.17, 15) is 9.59 Å². The molecule has 0 radical (unpaired) electrons. The van der Waals surface area contributed by atoms with Crippen molar-refractivity contribution in [3.8, 4) is 6.07 Å². The van der Waals surface area contributed by atoms with Crippen LogP contribution in [0.1, 0.15) is 27.6 Å². The van der Waals surface area contributed by atoms with E-state index in [1.165, 1.54) is 6.07 Å². The second-order valence-corrected chi connectivity index (χ2v) is 5.83. The molecule has 1 aliphatic heterocycles. The summed E-state index contributed by atoms with van der Waals surface area (Å²) >= 11 is 0. The highest BCUT2D eigenvalue weighted by Crippen LogP contribution is 2.23. The minimum absolute atomic E-state index is 0.236. The van der Waals surface area contributed by atoms with Crippen molar-refractivity contribution in [3.05, 3.63) is 71.3 Å². The van der Waals surface area contributed by atoms with Crippen molar-refractivity contribution in [1.82, 2.24) is 4.90 Å². The highest BCUT2D eigenvalue weighted by atomic mass is 16.5. The predicted octanol–water partition coefficient (Wildman–Crippen LogP) is 2.32. The molecular weight excluding hydrogens is 332 g/mol. The van der Waals surface area contributed by atoms with Gasteiger partial charge in [-0.1, -0.05) is 36.4 Å². The van der Waals surface area contributed by atoms with Gasteiger partial charge in [0.15, 0.2) is 0 Å². The Hall–Kier alpha value is -3.17. The molecule has 6 nitrogen and oxygen atoms in total. The first-order chi connectivity index (χ1) is 12.7. The Morgan fingerprint density at radius 1 is 1.08 bits per heavy atom. The lowest BCUT2D eigenvalue weighted by Crippen LogP contribution is -2.44. The van der Waals surface area contributed by atoms with Crippen LogP contribution in [-0.4, -0.2) is 43.1 Å². The van der Waals surface area contributed by atoms with Gasteiger partial charge in [-0.3, -0.25) is 4.79 Å². The maximum atomic E-state index is 12.9. The Morgan fingerprint density at radius 2 is 1.81 bits per heavy atom. The van der Waals surface area contributed by atoms with Gasteiger partial charge < -0.3 is 14.4 Å². The van der Waals surface area contributed by atoms with Gasteiger partial charge in [0, 0.05) is 18.7 Å². The lowest BCUT2D eigenvalue weighted by atomic mass is 10.1. The highest BCUT2D eigenvalue weighted by Gasteiger charge is 2.30. The number of hydrogen-bond acceptors (Lipinski definition) is 5. The number of carbonyl (C=O) groups excluding carboxylic acids is 2. The van der Waals surface area contributed by atoms with E-state index in [1.807, 2.05) is 12.1 Å². The second-order valence-electron chi connectivity index (χ2n) is 5.83. The Bertz CT molecular complexity index is 823. The maximum Gasteiger partial charge on any atom is 0.339 e. The zero-order valence-corrected chi connectivity index (χ0v) is 14.1. The van der Waals surface area contributed by atoms with Crippen LogP contribution in [0.2, 0.25) is 0 Å². The van der Waals surface area contributed by atoms with Gasteiger partial charge in [0.2, 0.25) is 6.10 Å². The fraction of sp³-hybridized carbons (Fsp3) is 0.250. The van der Waals surface area contributed by atoms with Crippen molar-refractivity contribution >= 4 is 11.9 Å². The van der Waals surface area contributed by atoms with Crippen LogP contribution in [0, 0.1) is 11.3 Å². The van der Waals surface area contributed by atoms with Crippen LogP contribution in [0.25, 0.3) is 0 Å². The van der Waals surface area contributed by atoms with Crippen molar-refractivity contribution in [3.63, 3.8) is 0 Å². The minimum Gasteiger partial charge on any atom is -0.444 e. The summed E-state index contributed by atoms with van der Waals surface area (Å²) in [7, 11) is 0. The van der Waals surface area contributed by atoms with Crippen LogP contribution >= 0.6 is 0 Å². The van der Waals surface area contributed by atoms with Crippen LogP contribution in [0.15, 0.2) is 54.6 Å². The molecule has 1 aliphatic rings. The van der Waals surface area contributed by atoms with Crippen molar-refractivity contribution in [2.24, 2.45) is 0 Å². The Morgan fingerprint density at radius 3 is 2.50 bits per heavy atom. The van der Waals surface area contributed by atoms with Gasteiger partial charge in [-0.15, -0.1) is 0 Å². The van der Waals surface area contributed by atoms with E-state index in [0.29, 0.717) is 37.4 Å². The summed E-state index contributed by atoms with van der Waals surface area (Å²) in [6.07, 6.45) is -1.03. The summed E-state index contributed by atoms with van der Waals surface area (Å²) in [5.74, 6) is -0.915. The molecular formula is C20H18N2O4. The third-order valence-corrected chi connectivity index (χ3v) is 4.10. The molecule has 0 aliphatic carbocycles. The molecule has 0 bridgehead atoms. The Balaban J connectivity index is 1.84. The summed E-state index contributed by atoms with van der Waals surface area (Å²) in [5.41, 5.74) is 1.20. The molecule has 2 aromatic carbocycles. The number of nitriles is 1. The van der Waals surface area contributed by atoms with E-state index in [2.05, 4.69) is 0 Å². The van der Waals surface area contributed by atoms with Gasteiger partial charge in [-0.25, -0.2) is 4.79 Å². The van der Waals surface area contributed by atoms with Crippen LogP contribution in [-0.2, 0) is 14.3 Å². The lowest BCUT2D eigenvalue weighted by Gasteiger charge is -2.30. The molecule has 1 amide bonds. The third kappa shape index (κ3) is 4.08. The zero-order chi connectivity index (χ0) is 18.4. The molecule has 1 fully saturated rings.